The average molecular weight is 313 g/mol. The van der Waals surface area contributed by atoms with Gasteiger partial charge in [0.15, 0.2) is 0 Å². The van der Waals surface area contributed by atoms with E-state index in [0.717, 1.165) is 38.0 Å². The second-order valence-corrected chi connectivity index (χ2v) is 6.15. The van der Waals surface area contributed by atoms with Gasteiger partial charge in [-0.25, -0.2) is 4.68 Å². The van der Waals surface area contributed by atoms with Crippen LogP contribution in [0.1, 0.15) is 33.1 Å². The molecule has 1 unspecified atom stereocenters. The van der Waals surface area contributed by atoms with Crippen molar-refractivity contribution in [1.82, 2.24) is 15.1 Å². The number of hydrogen-bond acceptors (Lipinski definition) is 4. The number of hydrogen-bond donors (Lipinski definition) is 1. The molecule has 21 heavy (non-hydrogen) atoms. The van der Waals surface area contributed by atoms with Crippen LogP contribution in [0.3, 0.4) is 0 Å². The van der Waals surface area contributed by atoms with E-state index < -0.39 is 0 Å². The van der Waals surface area contributed by atoms with Gasteiger partial charge < -0.3 is 10.2 Å². The lowest BCUT2D eigenvalue weighted by Crippen LogP contribution is -2.41. The third-order valence-electron chi connectivity index (χ3n) is 4.44. The van der Waals surface area contributed by atoms with Crippen molar-refractivity contribution in [2.45, 2.75) is 45.7 Å². The number of halogens is 1. The van der Waals surface area contributed by atoms with E-state index in [4.69, 9.17) is 11.6 Å². The minimum Gasteiger partial charge on any atom is -0.369 e. The highest BCUT2D eigenvalue weighted by Crippen LogP contribution is 2.28. The van der Waals surface area contributed by atoms with Gasteiger partial charge in [0.25, 0.3) is 5.56 Å². The van der Waals surface area contributed by atoms with E-state index in [0.29, 0.717) is 23.5 Å². The van der Waals surface area contributed by atoms with Crippen LogP contribution in [-0.4, -0.2) is 36.0 Å². The largest absolute Gasteiger partial charge is 0.369 e. The minimum absolute atomic E-state index is 0.179. The Morgan fingerprint density at radius 2 is 2.14 bits per heavy atom. The molecule has 2 heterocycles. The van der Waals surface area contributed by atoms with Gasteiger partial charge in [-0.3, -0.25) is 4.79 Å². The average Bonchev–Trinajstić information content (AvgIpc) is 2.52. The summed E-state index contributed by atoms with van der Waals surface area (Å²) in [6.45, 7) is 6.70. The highest BCUT2D eigenvalue weighted by molar-refractivity contribution is 6.33. The monoisotopic (exact) mass is 312 g/mol. The number of anilines is 1. The summed E-state index contributed by atoms with van der Waals surface area (Å²) >= 11 is 6.27. The van der Waals surface area contributed by atoms with Crippen LogP contribution in [0.25, 0.3) is 0 Å². The van der Waals surface area contributed by atoms with E-state index in [1.54, 1.807) is 6.20 Å². The Balaban J connectivity index is 2.10. The lowest BCUT2D eigenvalue weighted by Gasteiger charge is -2.36. The summed E-state index contributed by atoms with van der Waals surface area (Å²) in [5.41, 5.74) is 0.603. The molecule has 118 valence electrons. The van der Waals surface area contributed by atoms with Crippen molar-refractivity contribution in [1.29, 1.82) is 0 Å². The van der Waals surface area contributed by atoms with Gasteiger partial charge in [-0.15, -0.1) is 0 Å². The first-order chi connectivity index (χ1) is 10.1. The maximum absolute atomic E-state index is 12.2. The van der Waals surface area contributed by atoms with Gasteiger partial charge in [0.05, 0.1) is 11.9 Å². The predicted octanol–water partition coefficient (Wildman–Crippen LogP) is 2.13. The summed E-state index contributed by atoms with van der Waals surface area (Å²) in [4.78, 5) is 14.4. The Morgan fingerprint density at radius 3 is 2.71 bits per heavy atom. The summed E-state index contributed by atoms with van der Waals surface area (Å²) in [7, 11) is 2.01. The van der Waals surface area contributed by atoms with Crippen molar-refractivity contribution in [2.75, 3.05) is 25.0 Å². The minimum atomic E-state index is -0.179. The zero-order valence-electron chi connectivity index (χ0n) is 13.1. The number of aryl methyl sites for hydroxylation is 1. The van der Waals surface area contributed by atoms with Gasteiger partial charge in [0.2, 0.25) is 0 Å². The maximum Gasteiger partial charge on any atom is 0.287 e. The molecule has 0 aliphatic carbocycles. The number of nitrogens with one attached hydrogen (secondary N) is 1. The van der Waals surface area contributed by atoms with Crippen LogP contribution in [0.4, 0.5) is 5.69 Å². The van der Waals surface area contributed by atoms with Crippen LogP contribution in [0.5, 0.6) is 0 Å². The first kappa shape index (κ1) is 16.3. The van der Waals surface area contributed by atoms with Crippen molar-refractivity contribution in [3.05, 3.63) is 21.6 Å². The highest BCUT2D eigenvalue weighted by atomic mass is 35.5. The molecule has 1 saturated heterocycles. The molecule has 1 atom stereocenters. The van der Waals surface area contributed by atoms with Crippen LogP contribution in [0, 0.1) is 5.92 Å². The number of aromatic nitrogens is 2. The quantitative estimate of drug-likeness (QED) is 0.905. The third kappa shape index (κ3) is 3.58. The molecule has 1 fully saturated rings. The smallest absolute Gasteiger partial charge is 0.287 e. The summed E-state index contributed by atoms with van der Waals surface area (Å²) in [5, 5.41) is 7.87. The second-order valence-electron chi connectivity index (χ2n) is 5.77. The van der Waals surface area contributed by atoms with E-state index in [1.807, 2.05) is 14.0 Å². The molecule has 0 bridgehead atoms. The number of rotatable bonds is 5. The van der Waals surface area contributed by atoms with E-state index in [1.165, 1.54) is 4.68 Å². The molecule has 5 nitrogen and oxygen atoms in total. The fraction of sp³-hybridized carbons (Fsp3) is 0.733. The molecule has 0 spiro atoms. The Labute approximate surface area is 131 Å². The summed E-state index contributed by atoms with van der Waals surface area (Å²) in [6.07, 6.45) is 4.82. The predicted molar refractivity (Wildman–Crippen MR) is 87.3 cm³/mol. The topological polar surface area (TPSA) is 50.2 Å². The van der Waals surface area contributed by atoms with Gasteiger partial charge in [-0.1, -0.05) is 18.5 Å². The Kier molecular flexibility index (Phi) is 5.65. The normalized spacial score (nSPS) is 18.0. The molecule has 1 aromatic rings. The molecule has 1 aliphatic rings. The molecule has 1 N–H and O–H groups in total. The van der Waals surface area contributed by atoms with Crippen LogP contribution < -0.4 is 15.8 Å². The van der Waals surface area contributed by atoms with Gasteiger partial charge in [-0.2, -0.15) is 5.10 Å². The van der Waals surface area contributed by atoms with Crippen LogP contribution >= 0.6 is 11.6 Å². The first-order valence-electron chi connectivity index (χ1n) is 7.76. The van der Waals surface area contributed by atoms with Gasteiger partial charge >= 0.3 is 0 Å². The van der Waals surface area contributed by atoms with E-state index in [2.05, 4.69) is 22.2 Å². The molecular weight excluding hydrogens is 288 g/mol. The fourth-order valence-electron chi connectivity index (χ4n) is 2.92. The molecule has 0 amide bonds. The van der Waals surface area contributed by atoms with Crippen molar-refractivity contribution in [2.24, 2.45) is 5.92 Å². The maximum atomic E-state index is 12.2. The van der Waals surface area contributed by atoms with E-state index in [9.17, 15) is 4.79 Å². The molecule has 0 radical (unpaired) electrons. The number of piperidine rings is 1. The van der Waals surface area contributed by atoms with Crippen molar-refractivity contribution in [3.63, 3.8) is 0 Å². The van der Waals surface area contributed by atoms with E-state index in [-0.39, 0.29) is 5.56 Å². The SMILES string of the molecule is CCCn1ncc(N2CCC(C(C)NC)CC2)c(Cl)c1=O. The number of nitrogens with zero attached hydrogens (tertiary/aromatic N) is 3. The summed E-state index contributed by atoms with van der Waals surface area (Å²) in [6, 6.07) is 0.526. The van der Waals surface area contributed by atoms with Crippen LogP contribution in [0.2, 0.25) is 5.02 Å². The zero-order chi connectivity index (χ0) is 15.4. The second kappa shape index (κ2) is 7.27. The van der Waals surface area contributed by atoms with Gasteiger partial charge in [-0.05, 0) is 39.2 Å². The van der Waals surface area contributed by atoms with Crippen LogP contribution in [0.15, 0.2) is 11.0 Å². The van der Waals surface area contributed by atoms with Crippen molar-refractivity contribution >= 4 is 17.3 Å². The van der Waals surface area contributed by atoms with Gasteiger partial charge in [0, 0.05) is 25.7 Å². The molecule has 0 aromatic carbocycles. The fourth-order valence-corrected chi connectivity index (χ4v) is 3.19. The molecular formula is C15H25ClN4O. The first-order valence-corrected chi connectivity index (χ1v) is 8.14. The Morgan fingerprint density at radius 1 is 1.48 bits per heavy atom. The molecule has 1 aromatic heterocycles. The Bertz CT molecular complexity index is 523. The summed E-state index contributed by atoms with van der Waals surface area (Å²) < 4.78 is 1.45. The lowest BCUT2D eigenvalue weighted by atomic mass is 9.90. The van der Waals surface area contributed by atoms with Crippen LogP contribution in [-0.2, 0) is 6.54 Å². The Hall–Kier alpha value is -1.07. The highest BCUT2D eigenvalue weighted by Gasteiger charge is 2.25. The molecule has 0 saturated carbocycles. The standard InChI is InChI=1S/C15H25ClN4O/c1-4-7-20-15(21)14(16)13(10-18-20)19-8-5-12(6-9-19)11(2)17-3/h10-12,17H,4-9H2,1-3H3. The lowest BCUT2D eigenvalue weighted by molar-refractivity contribution is 0.323. The zero-order valence-corrected chi connectivity index (χ0v) is 13.9. The van der Waals surface area contributed by atoms with Gasteiger partial charge in [0.1, 0.15) is 5.02 Å². The third-order valence-corrected chi connectivity index (χ3v) is 4.80. The summed E-state index contributed by atoms with van der Waals surface area (Å²) in [5.74, 6) is 0.679. The van der Waals surface area contributed by atoms with Crippen molar-refractivity contribution < 1.29 is 0 Å². The molecule has 2 rings (SSSR count). The molecule has 1 aliphatic heterocycles. The molecule has 6 heteroatoms. The van der Waals surface area contributed by atoms with Crippen molar-refractivity contribution in [3.8, 4) is 0 Å². The van der Waals surface area contributed by atoms with E-state index >= 15 is 0 Å².